The molecule has 4 aromatic rings. The lowest BCUT2D eigenvalue weighted by atomic mass is 10.0. The van der Waals surface area contributed by atoms with Gasteiger partial charge in [0.15, 0.2) is 5.65 Å². The highest BCUT2D eigenvalue weighted by atomic mass is 15.3. The Morgan fingerprint density at radius 3 is 2.42 bits per heavy atom. The van der Waals surface area contributed by atoms with E-state index in [-0.39, 0.29) is 0 Å². The Morgan fingerprint density at radius 2 is 1.70 bits per heavy atom. The molecule has 1 aliphatic carbocycles. The lowest BCUT2D eigenvalue weighted by Crippen LogP contribution is -2.52. The van der Waals surface area contributed by atoms with Gasteiger partial charge in [-0.25, -0.2) is 9.97 Å². The molecule has 3 aliphatic rings. The van der Waals surface area contributed by atoms with Crippen LogP contribution in [0.25, 0.3) is 16.9 Å². The molecule has 3 fully saturated rings. The van der Waals surface area contributed by atoms with Crippen molar-refractivity contribution in [3.63, 3.8) is 0 Å². The van der Waals surface area contributed by atoms with E-state index in [0.717, 1.165) is 41.7 Å². The number of piperidine rings is 1. The molecular formula is C31H39N9. The van der Waals surface area contributed by atoms with Gasteiger partial charge in [-0.1, -0.05) is 6.07 Å². The molecule has 0 unspecified atom stereocenters. The molecule has 1 aromatic carbocycles. The summed E-state index contributed by atoms with van der Waals surface area (Å²) in [6, 6.07) is 15.3. The molecule has 0 bridgehead atoms. The van der Waals surface area contributed by atoms with Gasteiger partial charge in [-0.3, -0.25) is 9.47 Å². The third kappa shape index (κ3) is 4.99. The van der Waals surface area contributed by atoms with Crippen LogP contribution in [0, 0.1) is 6.92 Å². The molecule has 3 aromatic heterocycles. The van der Waals surface area contributed by atoms with Crippen LogP contribution in [0.3, 0.4) is 0 Å². The zero-order valence-corrected chi connectivity index (χ0v) is 23.6. The van der Waals surface area contributed by atoms with Crippen molar-refractivity contribution in [3.05, 3.63) is 59.9 Å². The van der Waals surface area contributed by atoms with E-state index in [1.165, 1.54) is 68.8 Å². The zero-order chi connectivity index (χ0) is 27.2. The van der Waals surface area contributed by atoms with Gasteiger partial charge in [0.1, 0.15) is 11.6 Å². The van der Waals surface area contributed by atoms with E-state index in [1.807, 2.05) is 24.4 Å². The molecule has 2 saturated heterocycles. The normalized spacial score (nSPS) is 19.4. The molecular weight excluding hydrogens is 498 g/mol. The topological polar surface area (TPSA) is 91.4 Å². The van der Waals surface area contributed by atoms with Crippen molar-refractivity contribution in [1.29, 1.82) is 0 Å². The predicted molar refractivity (Wildman–Crippen MR) is 162 cm³/mol. The first-order chi connectivity index (χ1) is 19.5. The second-order valence-electron chi connectivity index (χ2n) is 11.8. The number of nitrogens with one attached hydrogen (secondary N) is 1. The first-order valence-corrected chi connectivity index (χ1v) is 14.7. The molecule has 40 heavy (non-hydrogen) atoms. The summed E-state index contributed by atoms with van der Waals surface area (Å²) in [7, 11) is 2.23. The second kappa shape index (κ2) is 10.4. The largest absolute Gasteiger partial charge is 0.384 e. The maximum atomic E-state index is 6.03. The van der Waals surface area contributed by atoms with Gasteiger partial charge < -0.3 is 20.9 Å². The van der Waals surface area contributed by atoms with Crippen molar-refractivity contribution in [3.8, 4) is 5.82 Å². The molecule has 0 spiro atoms. The number of benzene rings is 1. The van der Waals surface area contributed by atoms with Crippen LogP contribution in [0.1, 0.15) is 42.9 Å². The van der Waals surface area contributed by atoms with Gasteiger partial charge in [-0.05, 0) is 87.5 Å². The van der Waals surface area contributed by atoms with Crippen LogP contribution in [0.2, 0.25) is 0 Å². The summed E-state index contributed by atoms with van der Waals surface area (Å²) in [4.78, 5) is 21.9. The van der Waals surface area contributed by atoms with Crippen LogP contribution >= 0.6 is 0 Å². The van der Waals surface area contributed by atoms with Gasteiger partial charge in [0, 0.05) is 74.0 Å². The maximum absolute atomic E-state index is 6.03. The van der Waals surface area contributed by atoms with E-state index >= 15 is 0 Å². The second-order valence-corrected chi connectivity index (χ2v) is 11.8. The Kier molecular flexibility index (Phi) is 6.56. The fourth-order valence-corrected chi connectivity index (χ4v) is 6.43. The Bertz CT molecular complexity index is 1510. The molecule has 5 heterocycles. The number of pyridine rings is 1. The molecule has 7 rings (SSSR count). The Morgan fingerprint density at radius 1 is 0.900 bits per heavy atom. The fraction of sp³-hybridized carbons (Fsp3) is 0.452. The number of anilines is 4. The predicted octanol–water partition coefficient (Wildman–Crippen LogP) is 4.54. The monoisotopic (exact) mass is 537 g/mol. The van der Waals surface area contributed by atoms with Crippen molar-refractivity contribution < 1.29 is 0 Å². The maximum Gasteiger partial charge on any atom is 0.229 e. The van der Waals surface area contributed by atoms with Gasteiger partial charge >= 0.3 is 0 Å². The summed E-state index contributed by atoms with van der Waals surface area (Å²) in [5.74, 6) is 2.43. The Hall–Kier alpha value is -3.69. The third-order valence-electron chi connectivity index (χ3n) is 8.86. The SMILES string of the molecule is Cc1cc(Nc2ncc3cc(C4CC4)n(-c4cccc(N)n4)c3n2)ccc1N1CCC(N2CCN(C)CC2)CC1. The van der Waals surface area contributed by atoms with Gasteiger partial charge in [-0.2, -0.15) is 4.98 Å². The highest BCUT2D eigenvalue weighted by Gasteiger charge is 2.30. The first kappa shape index (κ1) is 25.3. The molecule has 0 radical (unpaired) electrons. The van der Waals surface area contributed by atoms with Crippen LogP contribution in [0.5, 0.6) is 0 Å². The number of likely N-dealkylation sites (N-methyl/N-ethyl adjacent to an activating group) is 1. The number of aromatic nitrogens is 4. The molecule has 2 aliphatic heterocycles. The smallest absolute Gasteiger partial charge is 0.229 e. The molecule has 9 heteroatoms. The van der Waals surface area contributed by atoms with Crippen molar-refractivity contribution in [1.82, 2.24) is 29.3 Å². The summed E-state index contributed by atoms with van der Waals surface area (Å²) >= 11 is 0. The number of nitrogens with two attached hydrogens (primary N) is 1. The van der Waals surface area contributed by atoms with Crippen LogP contribution in [0.15, 0.2) is 48.7 Å². The van der Waals surface area contributed by atoms with Gasteiger partial charge in [-0.15, -0.1) is 0 Å². The van der Waals surface area contributed by atoms with Crippen molar-refractivity contribution >= 4 is 34.2 Å². The van der Waals surface area contributed by atoms with Crippen LogP contribution in [-0.4, -0.2) is 81.7 Å². The van der Waals surface area contributed by atoms with Gasteiger partial charge in [0.25, 0.3) is 0 Å². The number of fused-ring (bicyclic) bond motifs is 1. The minimum Gasteiger partial charge on any atom is -0.384 e. The minimum atomic E-state index is 0.507. The average molecular weight is 538 g/mol. The van der Waals surface area contributed by atoms with Crippen molar-refractivity contribution in [2.24, 2.45) is 0 Å². The highest BCUT2D eigenvalue weighted by Crippen LogP contribution is 2.43. The molecule has 0 amide bonds. The van der Waals surface area contributed by atoms with E-state index < -0.39 is 0 Å². The molecule has 0 atom stereocenters. The van der Waals surface area contributed by atoms with E-state index in [1.54, 1.807) is 0 Å². The van der Waals surface area contributed by atoms with E-state index in [0.29, 0.717) is 17.7 Å². The summed E-state index contributed by atoms with van der Waals surface area (Å²) in [5, 5.41) is 4.47. The Labute approximate surface area is 236 Å². The van der Waals surface area contributed by atoms with Crippen molar-refractivity contribution in [2.75, 3.05) is 62.3 Å². The minimum absolute atomic E-state index is 0.507. The highest BCUT2D eigenvalue weighted by molar-refractivity contribution is 5.80. The molecule has 1 saturated carbocycles. The number of hydrogen-bond acceptors (Lipinski definition) is 8. The third-order valence-corrected chi connectivity index (χ3v) is 8.86. The van der Waals surface area contributed by atoms with Crippen LogP contribution in [0.4, 0.5) is 23.1 Å². The first-order valence-electron chi connectivity index (χ1n) is 14.7. The summed E-state index contributed by atoms with van der Waals surface area (Å²) in [6.07, 6.45) is 6.76. The number of rotatable bonds is 6. The fourth-order valence-electron chi connectivity index (χ4n) is 6.43. The van der Waals surface area contributed by atoms with E-state index in [4.69, 9.17) is 10.7 Å². The number of nitrogen functional groups attached to an aromatic ring is 1. The lowest BCUT2D eigenvalue weighted by molar-refractivity contribution is 0.0982. The lowest BCUT2D eigenvalue weighted by Gasteiger charge is -2.43. The van der Waals surface area contributed by atoms with Crippen molar-refractivity contribution in [2.45, 2.75) is 44.6 Å². The number of nitrogens with zero attached hydrogens (tertiary/aromatic N) is 7. The quantitative estimate of drug-likeness (QED) is 0.370. The number of hydrogen-bond donors (Lipinski definition) is 2. The van der Waals surface area contributed by atoms with Crippen LogP contribution < -0.4 is 16.0 Å². The summed E-state index contributed by atoms with van der Waals surface area (Å²) in [6.45, 7) is 9.22. The number of aryl methyl sites for hydroxylation is 1. The number of piperazine rings is 1. The average Bonchev–Trinajstić information content (AvgIpc) is 3.74. The standard InChI is InChI=1S/C31H39N9/c1-21-18-24(8-9-26(21)39-12-10-25(11-13-39)38-16-14-37(2)15-17-38)34-31-33-20-23-19-27(22-6-7-22)40(30(23)36-31)29-5-3-4-28(32)35-29/h3-5,8-9,18-20,22,25H,6-7,10-17H2,1-2H3,(H2,32,35)(H,33,34,36). The Balaban J connectivity index is 1.08. The van der Waals surface area contributed by atoms with E-state index in [9.17, 15) is 0 Å². The summed E-state index contributed by atoms with van der Waals surface area (Å²) < 4.78 is 2.15. The zero-order valence-electron chi connectivity index (χ0n) is 23.6. The summed E-state index contributed by atoms with van der Waals surface area (Å²) in [5.41, 5.74) is 11.7. The molecule has 9 nitrogen and oxygen atoms in total. The van der Waals surface area contributed by atoms with E-state index in [2.05, 4.69) is 72.8 Å². The molecule has 208 valence electrons. The van der Waals surface area contributed by atoms with Crippen LogP contribution in [-0.2, 0) is 0 Å². The molecule has 3 N–H and O–H groups in total. The van der Waals surface area contributed by atoms with Gasteiger partial charge in [0.05, 0.1) is 0 Å². The van der Waals surface area contributed by atoms with Gasteiger partial charge in [0.2, 0.25) is 5.95 Å².